The number of sulfonamides is 1. The molecule has 0 aliphatic carbocycles. The number of rotatable bonds is 6. The third-order valence-corrected chi connectivity index (χ3v) is 4.74. The number of aromatic nitrogens is 2. The molecule has 2 aromatic heterocycles. The molecular formula is C11H17N5O2S2. The van der Waals surface area contributed by atoms with E-state index in [4.69, 9.17) is 10.9 Å². The Kier molecular flexibility index (Phi) is 4.41. The summed E-state index contributed by atoms with van der Waals surface area (Å²) in [5, 5.41) is 8.96. The van der Waals surface area contributed by atoms with Gasteiger partial charge in [0.05, 0.1) is 11.1 Å². The summed E-state index contributed by atoms with van der Waals surface area (Å²) < 4.78 is 21.7. The molecule has 0 aliphatic rings. The number of primary sulfonamides is 1. The van der Waals surface area contributed by atoms with Crippen molar-refractivity contribution >= 4 is 43.3 Å². The largest absolute Gasteiger partial charge is 0.369 e. The maximum absolute atomic E-state index is 10.9. The summed E-state index contributed by atoms with van der Waals surface area (Å²) in [5.41, 5.74) is 5.68. The second kappa shape index (κ2) is 5.90. The maximum atomic E-state index is 10.9. The summed E-state index contributed by atoms with van der Waals surface area (Å²) in [4.78, 5) is 10.4. The Morgan fingerprint density at radius 2 is 2.15 bits per heavy atom. The molecule has 0 spiro atoms. The van der Waals surface area contributed by atoms with Crippen LogP contribution in [0.5, 0.6) is 0 Å². The predicted octanol–water partition coefficient (Wildman–Crippen LogP) is 0.926. The number of hydrogen-bond donors (Lipinski definition) is 3. The molecule has 0 bridgehead atoms. The zero-order valence-electron chi connectivity index (χ0n) is 11.1. The number of anilines is 2. The highest BCUT2D eigenvalue weighted by Gasteiger charge is 2.10. The van der Waals surface area contributed by atoms with Crippen molar-refractivity contribution in [3.05, 3.63) is 10.9 Å². The molecule has 0 radical (unpaired) electrons. The fourth-order valence-electron chi connectivity index (χ4n) is 1.78. The van der Waals surface area contributed by atoms with Crippen LogP contribution in [-0.4, -0.2) is 30.7 Å². The number of thiophene rings is 1. The van der Waals surface area contributed by atoms with Crippen LogP contribution in [0.25, 0.3) is 10.2 Å². The quantitative estimate of drug-likeness (QED) is 0.681. The summed E-state index contributed by atoms with van der Waals surface area (Å²) in [6.45, 7) is 2.53. The molecule has 0 atom stereocenters. The van der Waals surface area contributed by atoms with Crippen LogP contribution < -0.4 is 16.2 Å². The highest BCUT2D eigenvalue weighted by molar-refractivity contribution is 7.89. The summed E-state index contributed by atoms with van der Waals surface area (Å²) in [6, 6.07) is 2.03. The molecular weight excluding hydrogens is 298 g/mol. The molecule has 2 rings (SSSR count). The van der Waals surface area contributed by atoms with Gasteiger partial charge in [-0.3, -0.25) is 0 Å². The smallest absolute Gasteiger partial charge is 0.223 e. The van der Waals surface area contributed by atoms with Crippen LogP contribution >= 0.6 is 11.3 Å². The lowest BCUT2D eigenvalue weighted by Crippen LogP contribution is -2.19. The molecule has 2 aromatic rings. The van der Waals surface area contributed by atoms with E-state index in [1.807, 2.05) is 6.07 Å². The lowest BCUT2D eigenvalue weighted by atomic mass is 10.3. The maximum Gasteiger partial charge on any atom is 0.223 e. The fraction of sp³-hybridized carbons (Fsp3) is 0.455. The van der Waals surface area contributed by atoms with Crippen LogP contribution in [0.4, 0.5) is 11.8 Å². The Morgan fingerprint density at radius 1 is 1.40 bits per heavy atom. The zero-order chi connectivity index (χ0) is 14.8. The molecule has 0 saturated heterocycles. The van der Waals surface area contributed by atoms with Crippen molar-refractivity contribution in [3.8, 4) is 0 Å². The lowest BCUT2D eigenvalue weighted by molar-refractivity contribution is 0.596. The van der Waals surface area contributed by atoms with Crippen LogP contribution in [0.3, 0.4) is 0 Å². The normalized spacial score (nSPS) is 11.9. The lowest BCUT2D eigenvalue weighted by Gasteiger charge is -2.06. The predicted molar refractivity (Wildman–Crippen MR) is 82.3 cm³/mol. The third-order valence-electron chi connectivity index (χ3n) is 2.71. The van der Waals surface area contributed by atoms with Gasteiger partial charge in [-0.2, -0.15) is 4.98 Å². The molecule has 0 fully saturated rings. The van der Waals surface area contributed by atoms with Crippen molar-refractivity contribution in [2.75, 3.05) is 23.3 Å². The van der Waals surface area contributed by atoms with Gasteiger partial charge in [0.15, 0.2) is 0 Å². The van der Waals surface area contributed by atoms with Gasteiger partial charge >= 0.3 is 0 Å². The first-order valence-corrected chi connectivity index (χ1v) is 8.72. The Balaban J connectivity index is 2.14. The molecule has 0 aromatic carbocycles. The minimum atomic E-state index is -3.42. The molecule has 20 heavy (non-hydrogen) atoms. The highest BCUT2D eigenvalue weighted by Crippen LogP contribution is 2.29. The van der Waals surface area contributed by atoms with Gasteiger partial charge in [0.2, 0.25) is 16.0 Å². The van der Waals surface area contributed by atoms with E-state index in [0.717, 1.165) is 16.6 Å². The molecule has 9 heteroatoms. The molecule has 2 heterocycles. The summed E-state index contributed by atoms with van der Waals surface area (Å²) in [5.74, 6) is 0.780. The Bertz CT molecular complexity index is 711. The Labute approximate surface area is 121 Å². The van der Waals surface area contributed by atoms with E-state index in [-0.39, 0.29) is 11.7 Å². The van der Waals surface area contributed by atoms with Gasteiger partial charge in [-0.15, -0.1) is 11.3 Å². The van der Waals surface area contributed by atoms with Gasteiger partial charge in [-0.25, -0.2) is 18.5 Å². The van der Waals surface area contributed by atoms with Gasteiger partial charge in [-0.05, 0) is 18.9 Å². The van der Waals surface area contributed by atoms with E-state index >= 15 is 0 Å². The number of hydrogen-bond acceptors (Lipinski definition) is 7. The van der Waals surface area contributed by atoms with Crippen LogP contribution in [0, 0.1) is 0 Å². The average Bonchev–Trinajstić information content (AvgIpc) is 2.76. The number of aryl methyl sites for hydroxylation is 1. The number of fused-ring (bicyclic) bond motifs is 1. The van der Waals surface area contributed by atoms with E-state index in [1.54, 1.807) is 11.3 Å². The van der Waals surface area contributed by atoms with Crippen LogP contribution in [-0.2, 0) is 16.4 Å². The Hall–Kier alpha value is -1.45. The van der Waals surface area contributed by atoms with Crippen LogP contribution in [0.2, 0.25) is 0 Å². The van der Waals surface area contributed by atoms with Gasteiger partial charge in [0.1, 0.15) is 10.6 Å². The molecule has 7 nitrogen and oxygen atoms in total. The molecule has 0 unspecified atom stereocenters. The highest BCUT2D eigenvalue weighted by atomic mass is 32.2. The number of nitrogens with zero attached hydrogens (tertiary/aromatic N) is 2. The standard InChI is InChI=1S/C11H17N5O2S2/c1-2-7-6-8-9(14-4-3-5-20(13,17)18)15-11(12)16-10(8)19-7/h6H,2-5H2,1H3,(H2,13,17,18)(H3,12,14,15,16). The first-order chi connectivity index (χ1) is 9.39. The third kappa shape index (κ3) is 3.78. The van der Waals surface area contributed by atoms with Crippen molar-refractivity contribution in [2.45, 2.75) is 19.8 Å². The van der Waals surface area contributed by atoms with Gasteiger partial charge in [-0.1, -0.05) is 6.92 Å². The van der Waals surface area contributed by atoms with Crippen LogP contribution in [0.15, 0.2) is 6.07 Å². The summed E-state index contributed by atoms with van der Waals surface area (Å²) >= 11 is 1.58. The topological polar surface area (TPSA) is 124 Å². The SMILES string of the molecule is CCc1cc2c(NCCCS(N)(=O)=O)nc(N)nc2s1. The van der Waals surface area contributed by atoms with E-state index in [1.165, 1.54) is 4.88 Å². The van der Waals surface area contributed by atoms with Crippen molar-refractivity contribution in [1.82, 2.24) is 9.97 Å². The molecule has 5 N–H and O–H groups in total. The van der Waals surface area contributed by atoms with Crippen molar-refractivity contribution in [1.29, 1.82) is 0 Å². The second-order valence-corrected chi connectivity index (χ2v) is 7.21. The van der Waals surface area contributed by atoms with Gasteiger partial charge < -0.3 is 11.1 Å². The minimum absolute atomic E-state index is 0.0619. The number of nitrogens with two attached hydrogens (primary N) is 2. The molecule has 0 aliphatic heterocycles. The van der Waals surface area contributed by atoms with E-state index < -0.39 is 10.0 Å². The molecule has 110 valence electrons. The van der Waals surface area contributed by atoms with Crippen LogP contribution in [0.1, 0.15) is 18.2 Å². The second-order valence-electron chi connectivity index (χ2n) is 4.36. The first-order valence-electron chi connectivity index (χ1n) is 6.19. The minimum Gasteiger partial charge on any atom is -0.369 e. The monoisotopic (exact) mass is 315 g/mol. The fourth-order valence-corrected chi connectivity index (χ4v) is 3.30. The number of nitrogen functional groups attached to an aromatic ring is 1. The van der Waals surface area contributed by atoms with Gasteiger partial charge in [0, 0.05) is 11.4 Å². The summed E-state index contributed by atoms with van der Waals surface area (Å²) in [6.07, 6.45) is 1.33. The van der Waals surface area contributed by atoms with Crippen molar-refractivity contribution in [3.63, 3.8) is 0 Å². The zero-order valence-corrected chi connectivity index (χ0v) is 12.7. The first kappa shape index (κ1) is 14.9. The molecule has 0 amide bonds. The van der Waals surface area contributed by atoms with E-state index in [2.05, 4.69) is 22.2 Å². The summed E-state index contributed by atoms with van der Waals surface area (Å²) in [7, 11) is -3.42. The molecule has 0 saturated carbocycles. The van der Waals surface area contributed by atoms with E-state index in [9.17, 15) is 8.42 Å². The van der Waals surface area contributed by atoms with Gasteiger partial charge in [0.25, 0.3) is 0 Å². The van der Waals surface area contributed by atoms with Crippen molar-refractivity contribution in [2.24, 2.45) is 5.14 Å². The average molecular weight is 315 g/mol. The number of nitrogens with one attached hydrogen (secondary N) is 1. The Morgan fingerprint density at radius 3 is 2.80 bits per heavy atom. The van der Waals surface area contributed by atoms with E-state index in [0.29, 0.717) is 18.8 Å². The van der Waals surface area contributed by atoms with Crippen molar-refractivity contribution < 1.29 is 8.42 Å².